The van der Waals surface area contributed by atoms with Gasteiger partial charge in [-0.1, -0.05) is 27.2 Å². The number of amides is 1. The maximum Gasteiger partial charge on any atom is 0.241 e. The Morgan fingerprint density at radius 2 is 2.00 bits per heavy atom. The van der Waals surface area contributed by atoms with E-state index in [2.05, 4.69) is 35.9 Å². The first-order chi connectivity index (χ1) is 9.61. The Hall–Kier alpha value is -0.610. The molecular formula is C16H29N3O. The van der Waals surface area contributed by atoms with E-state index in [-0.39, 0.29) is 12.2 Å². The molecule has 4 heteroatoms. The van der Waals surface area contributed by atoms with Crippen LogP contribution in [0.15, 0.2) is 0 Å². The van der Waals surface area contributed by atoms with Crippen molar-refractivity contribution >= 4 is 5.91 Å². The van der Waals surface area contributed by atoms with Crippen molar-refractivity contribution < 1.29 is 4.79 Å². The van der Waals surface area contributed by atoms with Crippen LogP contribution in [-0.4, -0.2) is 53.1 Å². The zero-order valence-electron chi connectivity index (χ0n) is 13.1. The number of hydrogen-bond acceptors (Lipinski definition) is 3. The van der Waals surface area contributed by atoms with Crippen LogP contribution in [0, 0.1) is 5.92 Å². The summed E-state index contributed by atoms with van der Waals surface area (Å²) in [7, 11) is 0. The summed E-state index contributed by atoms with van der Waals surface area (Å²) in [6.07, 6.45) is 6.17. The number of nitrogens with one attached hydrogen (secondary N) is 1. The molecular weight excluding hydrogens is 250 g/mol. The maximum atomic E-state index is 12.7. The SMILES string of the molecule is CCCC1NC(C(C)C)N(C2CCN(C3CC3)C2)C1=O. The Morgan fingerprint density at radius 3 is 2.60 bits per heavy atom. The van der Waals surface area contributed by atoms with Gasteiger partial charge in [0.2, 0.25) is 5.91 Å². The molecule has 0 bridgehead atoms. The molecule has 3 rings (SSSR count). The van der Waals surface area contributed by atoms with Gasteiger partial charge in [-0.15, -0.1) is 0 Å². The van der Waals surface area contributed by atoms with Gasteiger partial charge in [-0.2, -0.15) is 0 Å². The molecule has 20 heavy (non-hydrogen) atoms. The zero-order chi connectivity index (χ0) is 14.3. The van der Waals surface area contributed by atoms with Crippen molar-refractivity contribution in [1.29, 1.82) is 0 Å². The highest BCUT2D eigenvalue weighted by Crippen LogP contribution is 2.33. The van der Waals surface area contributed by atoms with Crippen LogP contribution in [-0.2, 0) is 4.79 Å². The van der Waals surface area contributed by atoms with E-state index in [1.807, 2.05) is 0 Å². The van der Waals surface area contributed by atoms with Crippen molar-refractivity contribution in [1.82, 2.24) is 15.1 Å². The first-order valence-corrected chi connectivity index (χ1v) is 8.44. The molecule has 1 amide bonds. The monoisotopic (exact) mass is 279 g/mol. The summed E-state index contributed by atoms with van der Waals surface area (Å²) in [5.41, 5.74) is 0. The Kier molecular flexibility index (Phi) is 4.04. The van der Waals surface area contributed by atoms with Gasteiger partial charge in [0.25, 0.3) is 0 Å². The number of carbonyl (C=O) groups is 1. The van der Waals surface area contributed by atoms with Gasteiger partial charge in [0.1, 0.15) is 0 Å². The minimum absolute atomic E-state index is 0.0578. The van der Waals surface area contributed by atoms with E-state index < -0.39 is 0 Å². The van der Waals surface area contributed by atoms with Crippen molar-refractivity contribution in [3.05, 3.63) is 0 Å². The molecule has 0 radical (unpaired) electrons. The molecule has 4 nitrogen and oxygen atoms in total. The summed E-state index contributed by atoms with van der Waals surface area (Å²) in [5, 5.41) is 3.59. The molecule has 114 valence electrons. The molecule has 2 aliphatic heterocycles. The molecule has 2 heterocycles. The van der Waals surface area contributed by atoms with Gasteiger partial charge in [-0.3, -0.25) is 15.0 Å². The molecule has 2 saturated heterocycles. The number of likely N-dealkylation sites (tertiary alicyclic amines) is 1. The highest BCUT2D eigenvalue weighted by molar-refractivity contribution is 5.84. The Bertz CT molecular complexity index is 367. The second kappa shape index (κ2) is 5.64. The predicted octanol–water partition coefficient (Wildman–Crippen LogP) is 1.81. The lowest BCUT2D eigenvalue weighted by Crippen LogP contribution is -2.48. The minimum atomic E-state index is 0.0578. The van der Waals surface area contributed by atoms with Crippen LogP contribution in [0.2, 0.25) is 0 Å². The summed E-state index contributed by atoms with van der Waals surface area (Å²) in [6.45, 7) is 8.88. The molecule has 3 unspecified atom stereocenters. The highest BCUT2D eigenvalue weighted by atomic mass is 16.2. The molecule has 3 aliphatic rings. The third kappa shape index (κ3) is 2.60. The quantitative estimate of drug-likeness (QED) is 0.833. The van der Waals surface area contributed by atoms with Crippen molar-refractivity contribution in [3.8, 4) is 0 Å². The lowest BCUT2D eigenvalue weighted by atomic mass is 10.1. The van der Waals surface area contributed by atoms with E-state index in [1.54, 1.807) is 0 Å². The van der Waals surface area contributed by atoms with Crippen LogP contribution in [0.25, 0.3) is 0 Å². The smallest absolute Gasteiger partial charge is 0.241 e. The van der Waals surface area contributed by atoms with E-state index in [0.717, 1.165) is 31.8 Å². The van der Waals surface area contributed by atoms with Gasteiger partial charge in [0, 0.05) is 25.2 Å². The lowest BCUT2D eigenvalue weighted by molar-refractivity contribution is -0.132. The van der Waals surface area contributed by atoms with Gasteiger partial charge in [-0.05, 0) is 31.6 Å². The summed E-state index contributed by atoms with van der Waals surface area (Å²) in [6, 6.07) is 1.32. The normalized spacial score (nSPS) is 35.5. The zero-order valence-corrected chi connectivity index (χ0v) is 13.1. The van der Waals surface area contributed by atoms with Gasteiger partial charge < -0.3 is 4.90 Å². The molecule has 1 aliphatic carbocycles. The number of carbonyl (C=O) groups excluding carboxylic acids is 1. The minimum Gasteiger partial charge on any atom is -0.321 e. The third-order valence-corrected chi connectivity index (χ3v) is 5.08. The van der Waals surface area contributed by atoms with Crippen LogP contribution in [0.5, 0.6) is 0 Å². The molecule has 0 aromatic heterocycles. The molecule has 3 fully saturated rings. The van der Waals surface area contributed by atoms with E-state index >= 15 is 0 Å². The van der Waals surface area contributed by atoms with Gasteiger partial charge in [0.15, 0.2) is 0 Å². The van der Waals surface area contributed by atoms with Gasteiger partial charge in [0.05, 0.1) is 12.2 Å². The first-order valence-electron chi connectivity index (χ1n) is 8.44. The van der Waals surface area contributed by atoms with Crippen molar-refractivity contribution in [3.63, 3.8) is 0 Å². The summed E-state index contributed by atoms with van der Waals surface area (Å²) < 4.78 is 0. The lowest BCUT2D eigenvalue weighted by Gasteiger charge is -2.32. The molecule has 1 N–H and O–H groups in total. The van der Waals surface area contributed by atoms with Crippen LogP contribution in [0.4, 0.5) is 0 Å². The van der Waals surface area contributed by atoms with Crippen molar-refractivity contribution in [2.45, 2.75) is 77.2 Å². The topological polar surface area (TPSA) is 35.6 Å². The Morgan fingerprint density at radius 1 is 1.25 bits per heavy atom. The van der Waals surface area contributed by atoms with E-state index in [0.29, 0.717) is 17.9 Å². The average molecular weight is 279 g/mol. The van der Waals surface area contributed by atoms with Crippen LogP contribution in [0.1, 0.15) is 52.9 Å². The standard InChI is InChI=1S/C16H29N3O/c1-4-5-14-16(20)19(15(17-14)11(2)3)13-8-9-18(10-13)12-6-7-12/h11-15,17H,4-10H2,1-3H3. The fourth-order valence-electron chi connectivity index (χ4n) is 3.86. The second-order valence-corrected chi connectivity index (χ2v) is 7.11. The van der Waals surface area contributed by atoms with Crippen LogP contribution in [0.3, 0.4) is 0 Å². The molecule has 0 aromatic rings. The third-order valence-electron chi connectivity index (χ3n) is 5.08. The number of nitrogens with zero attached hydrogens (tertiary/aromatic N) is 2. The summed E-state index contributed by atoms with van der Waals surface area (Å²) in [4.78, 5) is 17.5. The summed E-state index contributed by atoms with van der Waals surface area (Å²) in [5.74, 6) is 0.837. The largest absolute Gasteiger partial charge is 0.321 e. The molecule has 1 saturated carbocycles. The van der Waals surface area contributed by atoms with E-state index in [9.17, 15) is 4.79 Å². The maximum absolute atomic E-state index is 12.7. The predicted molar refractivity (Wildman–Crippen MR) is 80.3 cm³/mol. The van der Waals surface area contributed by atoms with E-state index in [4.69, 9.17) is 0 Å². The Labute approximate surface area is 122 Å². The molecule has 3 atom stereocenters. The highest BCUT2D eigenvalue weighted by Gasteiger charge is 2.46. The molecule has 0 spiro atoms. The van der Waals surface area contributed by atoms with Crippen LogP contribution >= 0.6 is 0 Å². The summed E-state index contributed by atoms with van der Waals surface area (Å²) >= 11 is 0. The Balaban J connectivity index is 1.70. The molecule has 0 aromatic carbocycles. The second-order valence-electron chi connectivity index (χ2n) is 7.11. The van der Waals surface area contributed by atoms with Crippen molar-refractivity contribution in [2.24, 2.45) is 5.92 Å². The average Bonchev–Trinajstić information content (AvgIpc) is 3.06. The number of hydrogen-bond donors (Lipinski definition) is 1. The number of rotatable bonds is 5. The van der Waals surface area contributed by atoms with Gasteiger partial charge in [-0.25, -0.2) is 0 Å². The fraction of sp³-hybridized carbons (Fsp3) is 0.938. The fourth-order valence-corrected chi connectivity index (χ4v) is 3.86. The van der Waals surface area contributed by atoms with Crippen molar-refractivity contribution in [2.75, 3.05) is 13.1 Å². The first kappa shape index (κ1) is 14.3. The van der Waals surface area contributed by atoms with Crippen LogP contribution < -0.4 is 5.32 Å². The van der Waals surface area contributed by atoms with E-state index in [1.165, 1.54) is 19.4 Å². The van der Waals surface area contributed by atoms with Gasteiger partial charge >= 0.3 is 0 Å².